The second kappa shape index (κ2) is 11.5. The Morgan fingerprint density at radius 2 is 1.84 bits per heavy atom. The molecule has 0 unspecified atom stereocenters. The van der Waals surface area contributed by atoms with Crippen molar-refractivity contribution in [2.24, 2.45) is 0 Å². The number of aryl methyl sites for hydroxylation is 1. The number of anilines is 2. The molecule has 3 aromatic rings. The molecule has 11 heteroatoms. The average molecular weight is 530 g/mol. The van der Waals surface area contributed by atoms with Crippen LogP contribution in [0.2, 0.25) is 0 Å². The number of nitriles is 1. The molecule has 10 nitrogen and oxygen atoms in total. The average Bonchev–Trinajstić information content (AvgIpc) is 3.34. The number of nitrogens with one attached hydrogen (secondary N) is 1. The Morgan fingerprint density at radius 1 is 1.08 bits per heavy atom. The van der Waals surface area contributed by atoms with Gasteiger partial charge in [-0.3, -0.25) is 4.79 Å². The molecule has 0 radical (unpaired) electrons. The van der Waals surface area contributed by atoms with Crippen molar-refractivity contribution in [1.29, 1.82) is 5.26 Å². The lowest BCUT2D eigenvalue weighted by Crippen LogP contribution is -2.44. The van der Waals surface area contributed by atoms with Crippen LogP contribution in [0.25, 0.3) is 0 Å². The van der Waals surface area contributed by atoms with Crippen LogP contribution in [0, 0.1) is 18.3 Å². The SMILES string of the molecule is Cc1cc(C#N)nc(N2CCN(Sc3ccc(NC(=O)c4ccccc4CN4CCOC4=O)cc3)CC2)n1. The zero-order chi connectivity index (χ0) is 26.5. The van der Waals surface area contributed by atoms with Gasteiger partial charge in [-0.25, -0.2) is 19.1 Å². The number of hydrogen-bond donors (Lipinski definition) is 1. The van der Waals surface area contributed by atoms with Gasteiger partial charge in [0.2, 0.25) is 5.95 Å². The number of amides is 2. The zero-order valence-corrected chi connectivity index (χ0v) is 21.8. The number of hydrogen-bond acceptors (Lipinski definition) is 9. The molecule has 194 valence electrons. The molecule has 5 rings (SSSR count). The van der Waals surface area contributed by atoms with E-state index in [1.165, 1.54) is 0 Å². The van der Waals surface area contributed by atoms with E-state index in [0.717, 1.165) is 42.3 Å². The van der Waals surface area contributed by atoms with E-state index in [0.29, 0.717) is 42.6 Å². The first-order chi connectivity index (χ1) is 18.5. The molecule has 0 aliphatic carbocycles. The second-order valence-electron chi connectivity index (χ2n) is 8.99. The Hall–Kier alpha value is -4.14. The summed E-state index contributed by atoms with van der Waals surface area (Å²) in [6, 6.07) is 18.8. The molecule has 38 heavy (non-hydrogen) atoms. The number of cyclic esters (lactones) is 1. The van der Waals surface area contributed by atoms with Gasteiger partial charge in [0.15, 0.2) is 0 Å². The van der Waals surface area contributed by atoms with Gasteiger partial charge in [-0.05, 0) is 60.8 Å². The quantitative estimate of drug-likeness (QED) is 0.458. The van der Waals surface area contributed by atoms with Crippen molar-refractivity contribution in [1.82, 2.24) is 19.2 Å². The smallest absolute Gasteiger partial charge is 0.410 e. The number of benzene rings is 2. The lowest BCUT2D eigenvalue weighted by Gasteiger charge is -2.33. The van der Waals surface area contributed by atoms with Gasteiger partial charge < -0.3 is 19.9 Å². The van der Waals surface area contributed by atoms with E-state index < -0.39 is 0 Å². The first kappa shape index (κ1) is 25.5. The summed E-state index contributed by atoms with van der Waals surface area (Å²) in [7, 11) is 0. The Labute approximate surface area is 225 Å². The lowest BCUT2D eigenvalue weighted by molar-refractivity contribution is 0.102. The maximum Gasteiger partial charge on any atom is 0.410 e. The second-order valence-corrected chi connectivity index (χ2v) is 10.2. The number of ether oxygens (including phenoxy) is 1. The predicted molar refractivity (Wildman–Crippen MR) is 144 cm³/mol. The van der Waals surface area contributed by atoms with Crippen LogP contribution in [0.4, 0.5) is 16.4 Å². The Bertz CT molecular complexity index is 1370. The fraction of sp³-hybridized carbons (Fsp3) is 0.296. The predicted octanol–water partition coefficient (Wildman–Crippen LogP) is 3.69. The van der Waals surface area contributed by atoms with Crippen molar-refractivity contribution in [2.75, 3.05) is 49.5 Å². The maximum atomic E-state index is 13.0. The number of rotatable bonds is 7. The third-order valence-corrected chi connectivity index (χ3v) is 7.40. The van der Waals surface area contributed by atoms with Crippen LogP contribution in [0.1, 0.15) is 27.3 Å². The van der Waals surface area contributed by atoms with Gasteiger partial charge in [-0.1, -0.05) is 18.2 Å². The number of aromatic nitrogens is 2. The molecule has 2 fully saturated rings. The molecule has 1 aromatic heterocycles. The van der Waals surface area contributed by atoms with Crippen LogP contribution in [0.3, 0.4) is 0 Å². The minimum absolute atomic E-state index is 0.220. The van der Waals surface area contributed by atoms with Crippen molar-refractivity contribution >= 4 is 35.6 Å². The molecule has 0 spiro atoms. The summed E-state index contributed by atoms with van der Waals surface area (Å²) in [6.45, 7) is 6.28. The van der Waals surface area contributed by atoms with Crippen molar-refractivity contribution < 1.29 is 14.3 Å². The standard InChI is InChI=1S/C27H27N7O3S/c1-19-16-22(17-28)31-26(29-19)32-10-12-34(13-11-32)38-23-8-6-21(7-9-23)30-25(35)24-5-3-2-4-20(24)18-33-14-15-37-27(33)36/h2-9,16H,10-15,18H2,1H3,(H,30,35). The first-order valence-corrected chi connectivity index (χ1v) is 13.1. The molecule has 1 N–H and O–H groups in total. The van der Waals surface area contributed by atoms with Crippen molar-refractivity contribution in [3.8, 4) is 6.07 Å². The Balaban J connectivity index is 1.15. The molecule has 2 amide bonds. The van der Waals surface area contributed by atoms with Crippen LogP contribution in [-0.4, -0.2) is 70.5 Å². The van der Waals surface area contributed by atoms with Crippen LogP contribution in [0.15, 0.2) is 59.5 Å². The summed E-state index contributed by atoms with van der Waals surface area (Å²) >= 11 is 1.67. The topological polar surface area (TPSA) is 115 Å². The fourth-order valence-corrected chi connectivity index (χ4v) is 5.23. The van der Waals surface area contributed by atoms with Crippen molar-refractivity contribution in [2.45, 2.75) is 18.4 Å². The highest BCUT2D eigenvalue weighted by atomic mass is 32.2. The normalized spacial score (nSPS) is 15.7. The molecule has 2 aliphatic rings. The molecular weight excluding hydrogens is 502 g/mol. The Kier molecular flexibility index (Phi) is 7.72. The summed E-state index contributed by atoms with van der Waals surface area (Å²) in [5.74, 6) is 0.385. The van der Waals surface area contributed by atoms with E-state index in [4.69, 9.17) is 4.74 Å². The number of nitrogens with zero attached hydrogens (tertiary/aromatic N) is 6. The Morgan fingerprint density at radius 3 is 2.55 bits per heavy atom. The third-order valence-electron chi connectivity index (χ3n) is 6.29. The summed E-state index contributed by atoms with van der Waals surface area (Å²) in [5, 5.41) is 12.1. The van der Waals surface area contributed by atoms with Crippen molar-refractivity contribution in [3.63, 3.8) is 0 Å². The van der Waals surface area contributed by atoms with Crippen LogP contribution in [0.5, 0.6) is 0 Å². The van der Waals surface area contributed by atoms with Gasteiger partial charge in [0, 0.05) is 54.6 Å². The van der Waals surface area contributed by atoms with Crippen LogP contribution in [-0.2, 0) is 11.3 Å². The van der Waals surface area contributed by atoms with Gasteiger partial charge in [-0.15, -0.1) is 0 Å². The van der Waals surface area contributed by atoms with Gasteiger partial charge in [0.25, 0.3) is 5.91 Å². The lowest BCUT2D eigenvalue weighted by atomic mass is 10.1. The monoisotopic (exact) mass is 529 g/mol. The number of piperazine rings is 1. The van der Waals surface area contributed by atoms with E-state index in [9.17, 15) is 14.9 Å². The molecule has 0 bridgehead atoms. The highest BCUT2D eigenvalue weighted by Crippen LogP contribution is 2.26. The van der Waals surface area contributed by atoms with Crippen LogP contribution >= 0.6 is 11.9 Å². The largest absolute Gasteiger partial charge is 0.448 e. The molecule has 0 atom stereocenters. The number of carbonyl (C=O) groups is 2. The molecule has 2 saturated heterocycles. The first-order valence-electron chi connectivity index (χ1n) is 12.3. The molecule has 2 aliphatic heterocycles. The zero-order valence-electron chi connectivity index (χ0n) is 21.0. The van der Waals surface area contributed by atoms with E-state index in [-0.39, 0.29) is 12.0 Å². The number of carbonyl (C=O) groups excluding carboxylic acids is 2. The summed E-state index contributed by atoms with van der Waals surface area (Å²) in [5.41, 5.74) is 3.18. The van der Waals surface area contributed by atoms with Gasteiger partial charge in [0.05, 0.1) is 6.54 Å². The van der Waals surface area contributed by atoms with Gasteiger partial charge in [0.1, 0.15) is 18.4 Å². The minimum atomic E-state index is -0.355. The van der Waals surface area contributed by atoms with E-state index >= 15 is 0 Å². The van der Waals surface area contributed by atoms with E-state index in [1.54, 1.807) is 29.0 Å². The summed E-state index contributed by atoms with van der Waals surface area (Å²) in [6.07, 6.45) is -0.355. The van der Waals surface area contributed by atoms with Crippen molar-refractivity contribution in [3.05, 3.63) is 77.1 Å². The third kappa shape index (κ3) is 6.04. The summed E-state index contributed by atoms with van der Waals surface area (Å²) in [4.78, 5) is 38.4. The molecule has 3 heterocycles. The molecular formula is C27H27N7O3S. The molecule has 2 aromatic carbocycles. The van der Waals surface area contributed by atoms with E-state index in [2.05, 4.69) is 30.6 Å². The van der Waals surface area contributed by atoms with Gasteiger partial charge >= 0.3 is 6.09 Å². The highest BCUT2D eigenvalue weighted by Gasteiger charge is 2.24. The molecule has 0 saturated carbocycles. The van der Waals surface area contributed by atoms with E-state index in [1.807, 2.05) is 49.4 Å². The minimum Gasteiger partial charge on any atom is -0.448 e. The highest BCUT2D eigenvalue weighted by molar-refractivity contribution is 7.97. The maximum absolute atomic E-state index is 13.0. The van der Waals surface area contributed by atoms with Crippen LogP contribution < -0.4 is 10.2 Å². The van der Waals surface area contributed by atoms with Gasteiger partial charge in [-0.2, -0.15) is 5.26 Å². The fourth-order valence-electron chi connectivity index (χ4n) is 4.33. The summed E-state index contributed by atoms with van der Waals surface area (Å²) < 4.78 is 7.28.